The van der Waals surface area contributed by atoms with E-state index in [0.29, 0.717) is 24.6 Å². The zero-order valence-corrected chi connectivity index (χ0v) is 18.5. The standard InChI is InChI=1S/C24H30N4O3/c1-4-9-18-15-21(27(2)26-18)24(29)28-13-8-7-11-20(28)23-25-16-19(31-23)14-17-10-5-6-12-22(17)30-3/h5-6,10,12,15-16,20H,4,7-9,11,13-14H2,1-3H3/t20-/m0/s1. The van der Waals surface area contributed by atoms with Crippen molar-refractivity contribution in [3.05, 3.63) is 65.1 Å². The SMILES string of the molecule is CCCc1cc(C(=O)N2CCCC[C@H]2c2ncc(Cc3ccccc3OC)o2)n(C)n1. The van der Waals surface area contributed by atoms with Crippen molar-refractivity contribution < 1.29 is 13.9 Å². The maximum atomic E-state index is 13.4. The first-order chi connectivity index (χ1) is 15.1. The van der Waals surface area contributed by atoms with Crippen LogP contribution in [0.1, 0.15) is 72.0 Å². The molecule has 3 heterocycles. The quantitative estimate of drug-likeness (QED) is 0.567. The molecule has 0 aliphatic carbocycles. The number of rotatable bonds is 7. The Morgan fingerprint density at radius 2 is 2.13 bits per heavy atom. The number of benzene rings is 1. The number of hydrogen-bond acceptors (Lipinski definition) is 5. The van der Waals surface area contributed by atoms with Crippen molar-refractivity contribution in [3.8, 4) is 5.75 Å². The lowest BCUT2D eigenvalue weighted by atomic mass is 10.0. The van der Waals surface area contributed by atoms with E-state index in [2.05, 4.69) is 17.0 Å². The molecule has 1 fully saturated rings. The summed E-state index contributed by atoms with van der Waals surface area (Å²) in [6, 6.07) is 9.65. The van der Waals surface area contributed by atoms with Crippen molar-refractivity contribution in [1.82, 2.24) is 19.7 Å². The third kappa shape index (κ3) is 4.50. The molecule has 0 unspecified atom stereocenters. The molecule has 1 aliphatic heterocycles. The average Bonchev–Trinajstić information content (AvgIpc) is 3.40. The molecule has 3 aromatic rings. The van der Waals surface area contributed by atoms with Crippen LogP contribution in [0.15, 0.2) is 40.9 Å². The van der Waals surface area contributed by atoms with Gasteiger partial charge in [-0.15, -0.1) is 0 Å². The number of oxazole rings is 1. The second kappa shape index (κ2) is 9.37. The van der Waals surface area contributed by atoms with Crippen LogP contribution in [0.5, 0.6) is 5.75 Å². The number of amides is 1. The highest BCUT2D eigenvalue weighted by molar-refractivity contribution is 5.93. The van der Waals surface area contributed by atoms with E-state index >= 15 is 0 Å². The number of carbonyl (C=O) groups is 1. The lowest BCUT2D eigenvalue weighted by Gasteiger charge is -2.33. The molecular weight excluding hydrogens is 392 g/mol. The fourth-order valence-electron chi connectivity index (χ4n) is 4.28. The van der Waals surface area contributed by atoms with Gasteiger partial charge in [-0.25, -0.2) is 4.98 Å². The lowest BCUT2D eigenvalue weighted by molar-refractivity contribution is 0.0558. The van der Waals surface area contributed by atoms with Gasteiger partial charge in [0, 0.05) is 25.6 Å². The first-order valence-corrected chi connectivity index (χ1v) is 11.0. The molecule has 0 saturated carbocycles. The number of piperidine rings is 1. The largest absolute Gasteiger partial charge is 0.496 e. The summed E-state index contributed by atoms with van der Waals surface area (Å²) in [4.78, 5) is 19.8. The summed E-state index contributed by atoms with van der Waals surface area (Å²) in [5.74, 6) is 2.19. The van der Waals surface area contributed by atoms with Crippen molar-refractivity contribution in [1.29, 1.82) is 0 Å². The molecule has 1 amide bonds. The van der Waals surface area contributed by atoms with Gasteiger partial charge in [-0.05, 0) is 37.8 Å². The van der Waals surface area contributed by atoms with Crippen LogP contribution >= 0.6 is 0 Å². The minimum absolute atomic E-state index is 0.00784. The smallest absolute Gasteiger partial charge is 0.272 e. The van der Waals surface area contributed by atoms with Gasteiger partial charge < -0.3 is 14.1 Å². The summed E-state index contributed by atoms with van der Waals surface area (Å²) in [6.45, 7) is 2.81. The van der Waals surface area contributed by atoms with Crippen molar-refractivity contribution in [2.75, 3.05) is 13.7 Å². The topological polar surface area (TPSA) is 73.4 Å². The van der Waals surface area contributed by atoms with E-state index in [1.54, 1.807) is 18.0 Å². The zero-order valence-electron chi connectivity index (χ0n) is 18.5. The number of hydrogen-bond donors (Lipinski definition) is 0. The summed E-state index contributed by atoms with van der Waals surface area (Å²) < 4.78 is 13.3. The summed E-state index contributed by atoms with van der Waals surface area (Å²) in [5.41, 5.74) is 2.62. The van der Waals surface area contributed by atoms with Gasteiger partial charge in [0.1, 0.15) is 23.2 Å². The molecule has 7 heteroatoms. The van der Waals surface area contributed by atoms with Crippen LogP contribution in [0.2, 0.25) is 0 Å². The van der Waals surface area contributed by atoms with E-state index in [4.69, 9.17) is 9.15 Å². The Morgan fingerprint density at radius 1 is 1.29 bits per heavy atom. The highest BCUT2D eigenvalue weighted by Gasteiger charge is 2.33. The number of nitrogens with zero attached hydrogens (tertiary/aromatic N) is 4. The molecular formula is C24H30N4O3. The van der Waals surface area contributed by atoms with Crippen LogP contribution in [-0.4, -0.2) is 39.2 Å². The van der Waals surface area contributed by atoms with Gasteiger partial charge in [-0.2, -0.15) is 5.10 Å². The summed E-state index contributed by atoms with van der Waals surface area (Å²) in [7, 11) is 3.50. The van der Waals surface area contributed by atoms with E-state index in [0.717, 1.165) is 54.9 Å². The Hall–Kier alpha value is -3.09. The molecule has 1 aliphatic rings. The maximum absolute atomic E-state index is 13.4. The van der Waals surface area contributed by atoms with Crippen molar-refractivity contribution in [3.63, 3.8) is 0 Å². The van der Waals surface area contributed by atoms with Crippen molar-refractivity contribution >= 4 is 5.91 Å². The van der Waals surface area contributed by atoms with Gasteiger partial charge in [0.15, 0.2) is 0 Å². The van der Waals surface area contributed by atoms with Gasteiger partial charge in [-0.1, -0.05) is 31.5 Å². The average molecular weight is 423 g/mol. The molecule has 1 atom stereocenters. The third-order valence-corrected chi connectivity index (χ3v) is 5.83. The van der Waals surface area contributed by atoms with Gasteiger partial charge >= 0.3 is 0 Å². The first-order valence-electron chi connectivity index (χ1n) is 11.0. The first kappa shape index (κ1) is 21.2. The molecule has 0 spiro atoms. The van der Waals surface area contributed by atoms with Crippen LogP contribution < -0.4 is 4.74 Å². The molecule has 164 valence electrons. The van der Waals surface area contributed by atoms with Crippen LogP contribution in [0.4, 0.5) is 0 Å². The molecule has 0 N–H and O–H groups in total. The third-order valence-electron chi connectivity index (χ3n) is 5.83. The summed E-state index contributed by atoms with van der Waals surface area (Å²) in [6.07, 6.45) is 7.11. The van der Waals surface area contributed by atoms with Crippen LogP contribution in [0.3, 0.4) is 0 Å². The van der Waals surface area contributed by atoms with Gasteiger partial charge in [0.25, 0.3) is 5.91 Å². The van der Waals surface area contributed by atoms with Crippen LogP contribution in [0.25, 0.3) is 0 Å². The molecule has 1 aromatic carbocycles. The Morgan fingerprint density at radius 3 is 2.94 bits per heavy atom. The summed E-state index contributed by atoms with van der Waals surface area (Å²) >= 11 is 0. The van der Waals surface area contributed by atoms with E-state index < -0.39 is 0 Å². The van der Waals surface area contributed by atoms with E-state index in [9.17, 15) is 4.79 Å². The Kier molecular flexibility index (Phi) is 6.39. The monoisotopic (exact) mass is 422 g/mol. The van der Waals surface area contributed by atoms with Crippen molar-refractivity contribution in [2.24, 2.45) is 7.05 Å². The molecule has 0 radical (unpaired) electrons. The fourth-order valence-corrected chi connectivity index (χ4v) is 4.28. The normalized spacial score (nSPS) is 16.5. The number of aryl methyl sites for hydroxylation is 2. The molecule has 0 bridgehead atoms. The predicted octanol–water partition coefficient (Wildman–Crippen LogP) is 4.33. The number of ether oxygens (including phenoxy) is 1. The number of para-hydroxylation sites is 1. The van der Waals surface area contributed by atoms with E-state index in [1.807, 2.05) is 42.3 Å². The fraction of sp³-hybridized carbons (Fsp3) is 0.458. The lowest BCUT2D eigenvalue weighted by Crippen LogP contribution is -2.39. The second-order valence-corrected chi connectivity index (χ2v) is 8.06. The van der Waals surface area contributed by atoms with Gasteiger partial charge in [0.05, 0.1) is 19.0 Å². The van der Waals surface area contributed by atoms with Crippen LogP contribution in [-0.2, 0) is 19.9 Å². The van der Waals surface area contributed by atoms with E-state index in [-0.39, 0.29) is 11.9 Å². The molecule has 1 saturated heterocycles. The van der Waals surface area contributed by atoms with Crippen LogP contribution in [0, 0.1) is 0 Å². The number of likely N-dealkylation sites (tertiary alicyclic amines) is 1. The molecule has 7 nitrogen and oxygen atoms in total. The van der Waals surface area contributed by atoms with Crippen molar-refractivity contribution in [2.45, 2.75) is 51.5 Å². The zero-order chi connectivity index (χ0) is 21.8. The van der Waals surface area contributed by atoms with Gasteiger partial charge in [-0.3, -0.25) is 9.48 Å². The number of methoxy groups -OCH3 is 1. The Bertz CT molecular complexity index is 1040. The Labute approximate surface area is 183 Å². The van der Waals surface area contributed by atoms with E-state index in [1.165, 1.54) is 0 Å². The maximum Gasteiger partial charge on any atom is 0.272 e. The highest BCUT2D eigenvalue weighted by atomic mass is 16.5. The number of aromatic nitrogens is 3. The predicted molar refractivity (Wildman–Crippen MR) is 117 cm³/mol. The highest BCUT2D eigenvalue weighted by Crippen LogP contribution is 2.32. The minimum Gasteiger partial charge on any atom is -0.496 e. The molecule has 4 rings (SSSR count). The second-order valence-electron chi connectivity index (χ2n) is 8.06. The van der Waals surface area contributed by atoms with Gasteiger partial charge in [0.2, 0.25) is 5.89 Å². The molecule has 2 aromatic heterocycles. The molecule has 31 heavy (non-hydrogen) atoms. The summed E-state index contributed by atoms with van der Waals surface area (Å²) in [5, 5.41) is 4.50. The minimum atomic E-state index is -0.155. The Balaban J connectivity index is 1.55. The number of carbonyl (C=O) groups excluding carboxylic acids is 1.